The van der Waals surface area contributed by atoms with Crippen LogP contribution in [0.1, 0.15) is 32.6 Å². The second-order valence-electron chi connectivity index (χ2n) is 6.86. The lowest BCUT2D eigenvalue weighted by atomic mass is 9.83. The van der Waals surface area contributed by atoms with Gasteiger partial charge in [-0.2, -0.15) is 18.3 Å². The highest BCUT2D eigenvalue weighted by Gasteiger charge is 2.30. The molecule has 0 unspecified atom stereocenters. The fourth-order valence-electron chi connectivity index (χ4n) is 3.03. The lowest BCUT2D eigenvalue weighted by Crippen LogP contribution is -2.35. The van der Waals surface area contributed by atoms with Gasteiger partial charge in [0.2, 0.25) is 0 Å². The molecule has 1 aliphatic carbocycles. The van der Waals surface area contributed by atoms with Gasteiger partial charge in [-0.15, -0.1) is 10.2 Å². The van der Waals surface area contributed by atoms with Crippen molar-refractivity contribution in [3.8, 4) is 11.4 Å². The molecule has 6 nitrogen and oxygen atoms in total. The highest BCUT2D eigenvalue weighted by atomic mass is 35.5. The van der Waals surface area contributed by atoms with E-state index in [1.807, 2.05) is 6.92 Å². The second-order valence-corrected chi connectivity index (χ2v) is 7.25. The van der Waals surface area contributed by atoms with E-state index in [0.29, 0.717) is 24.2 Å². The minimum atomic E-state index is -4.35. The van der Waals surface area contributed by atoms with Crippen LogP contribution in [0.4, 0.5) is 18.9 Å². The van der Waals surface area contributed by atoms with E-state index in [9.17, 15) is 18.3 Å². The van der Waals surface area contributed by atoms with Crippen LogP contribution >= 0.6 is 11.6 Å². The Labute approximate surface area is 153 Å². The lowest BCUT2D eigenvalue weighted by molar-refractivity contribution is -0.142. The molecular weight excluding hydrogens is 371 g/mol. The predicted molar refractivity (Wildman–Crippen MR) is 90.8 cm³/mol. The first kappa shape index (κ1) is 18.9. The van der Waals surface area contributed by atoms with E-state index >= 15 is 0 Å². The molecule has 0 aromatic carbocycles. The topological polar surface area (TPSA) is 75.9 Å². The Hall–Kier alpha value is -1.87. The molecule has 0 bridgehead atoms. The summed E-state index contributed by atoms with van der Waals surface area (Å²) < 4.78 is 38.4. The molecule has 3 rings (SSSR count). The molecule has 0 spiro atoms. The Morgan fingerprint density at radius 1 is 1.35 bits per heavy atom. The monoisotopic (exact) mass is 389 g/mol. The number of aromatic nitrogens is 4. The predicted octanol–water partition coefficient (Wildman–Crippen LogP) is 3.66. The molecule has 0 radical (unpaired) electrons. The van der Waals surface area contributed by atoms with Gasteiger partial charge in [-0.25, -0.2) is 0 Å². The van der Waals surface area contributed by atoms with Gasteiger partial charge in [0.15, 0.2) is 5.15 Å². The summed E-state index contributed by atoms with van der Waals surface area (Å²) in [6.07, 6.45) is -0.265. The highest BCUT2D eigenvalue weighted by Crippen LogP contribution is 2.32. The molecule has 0 atom stereocenters. The third kappa shape index (κ3) is 4.85. The third-order valence-corrected chi connectivity index (χ3v) is 4.60. The maximum absolute atomic E-state index is 12.5. The number of halogens is 4. The summed E-state index contributed by atoms with van der Waals surface area (Å²) >= 11 is 5.93. The summed E-state index contributed by atoms with van der Waals surface area (Å²) in [5.41, 5.74) is 0.524. The average molecular weight is 390 g/mol. The zero-order valence-electron chi connectivity index (χ0n) is 14.1. The van der Waals surface area contributed by atoms with E-state index in [-0.39, 0.29) is 16.9 Å². The lowest BCUT2D eigenvalue weighted by Gasteiger charge is -2.34. The Morgan fingerprint density at radius 3 is 2.69 bits per heavy atom. The molecule has 1 fully saturated rings. The van der Waals surface area contributed by atoms with Gasteiger partial charge in [0.25, 0.3) is 0 Å². The van der Waals surface area contributed by atoms with E-state index in [2.05, 4.69) is 20.6 Å². The number of hydrogen-bond acceptors (Lipinski definition) is 5. The molecule has 1 saturated carbocycles. The van der Waals surface area contributed by atoms with Gasteiger partial charge >= 0.3 is 6.18 Å². The number of aliphatic hydroxyl groups is 1. The largest absolute Gasteiger partial charge is 0.408 e. The third-order valence-electron chi connectivity index (χ3n) is 4.41. The summed E-state index contributed by atoms with van der Waals surface area (Å²) in [4.78, 5) is 0. The van der Waals surface area contributed by atoms with E-state index in [0.717, 1.165) is 17.5 Å². The van der Waals surface area contributed by atoms with E-state index in [1.165, 1.54) is 12.3 Å². The number of rotatable bonds is 4. The Morgan fingerprint density at radius 2 is 2.04 bits per heavy atom. The summed E-state index contributed by atoms with van der Waals surface area (Å²) in [5.74, 6) is 0. The first-order valence-electron chi connectivity index (χ1n) is 8.24. The van der Waals surface area contributed by atoms with Crippen molar-refractivity contribution in [3.05, 3.63) is 23.5 Å². The van der Waals surface area contributed by atoms with Gasteiger partial charge in [-0.3, -0.25) is 4.68 Å². The fourth-order valence-corrected chi connectivity index (χ4v) is 3.18. The van der Waals surface area contributed by atoms with Gasteiger partial charge in [-0.1, -0.05) is 11.6 Å². The standard InChI is InChI=1S/C16H19ClF3N5O/c1-15(26)5-2-10(3-6-15)21-12-8-13(17)22-23-14(12)11-4-7-25(24-11)9-16(18,19)20/h4,7-8,10,26H,2-3,5-6,9H2,1H3,(H,21,22). The fraction of sp³-hybridized carbons (Fsp3) is 0.562. The van der Waals surface area contributed by atoms with Gasteiger partial charge in [0.1, 0.15) is 17.9 Å². The van der Waals surface area contributed by atoms with Crippen molar-refractivity contribution < 1.29 is 18.3 Å². The van der Waals surface area contributed by atoms with Crippen molar-refractivity contribution in [2.75, 3.05) is 5.32 Å². The van der Waals surface area contributed by atoms with Crippen molar-refractivity contribution in [1.29, 1.82) is 0 Å². The van der Waals surface area contributed by atoms with Crippen molar-refractivity contribution in [2.45, 2.75) is 57.0 Å². The minimum Gasteiger partial charge on any atom is -0.390 e. The molecule has 0 amide bonds. The number of nitrogens with one attached hydrogen (secondary N) is 1. The molecular formula is C16H19ClF3N5O. The summed E-state index contributed by atoms with van der Waals surface area (Å²) in [5, 5.41) is 25.3. The van der Waals surface area contributed by atoms with Crippen LogP contribution in [0.15, 0.2) is 18.3 Å². The van der Waals surface area contributed by atoms with E-state index < -0.39 is 18.3 Å². The quantitative estimate of drug-likeness (QED) is 0.834. The normalized spacial score (nSPS) is 23.8. The van der Waals surface area contributed by atoms with Gasteiger partial charge in [0, 0.05) is 18.3 Å². The average Bonchev–Trinajstić information content (AvgIpc) is 2.96. The SMILES string of the molecule is CC1(O)CCC(Nc2cc(Cl)nnc2-c2ccn(CC(F)(F)F)n2)CC1. The highest BCUT2D eigenvalue weighted by molar-refractivity contribution is 6.29. The van der Waals surface area contributed by atoms with Crippen molar-refractivity contribution >= 4 is 17.3 Å². The van der Waals surface area contributed by atoms with Crippen LogP contribution in [0.25, 0.3) is 11.4 Å². The zero-order valence-corrected chi connectivity index (χ0v) is 14.8. The molecule has 2 aromatic rings. The second kappa shape index (κ2) is 7.03. The summed E-state index contributed by atoms with van der Waals surface area (Å²) in [7, 11) is 0. The van der Waals surface area contributed by atoms with Crippen molar-refractivity contribution in [2.24, 2.45) is 0 Å². The van der Waals surface area contributed by atoms with Crippen LogP contribution in [-0.2, 0) is 6.54 Å². The zero-order chi connectivity index (χ0) is 18.9. The molecule has 26 heavy (non-hydrogen) atoms. The van der Waals surface area contributed by atoms with Gasteiger partial charge in [-0.05, 0) is 38.7 Å². The smallest absolute Gasteiger partial charge is 0.390 e. The molecule has 2 aromatic heterocycles. The Balaban J connectivity index is 1.80. The molecule has 10 heteroatoms. The van der Waals surface area contributed by atoms with Crippen molar-refractivity contribution in [3.63, 3.8) is 0 Å². The number of anilines is 1. The van der Waals surface area contributed by atoms with Crippen LogP contribution in [0.2, 0.25) is 5.15 Å². The van der Waals surface area contributed by atoms with Crippen LogP contribution < -0.4 is 5.32 Å². The van der Waals surface area contributed by atoms with Crippen LogP contribution in [-0.4, -0.2) is 42.9 Å². The summed E-state index contributed by atoms with van der Waals surface area (Å²) in [6, 6.07) is 3.14. The van der Waals surface area contributed by atoms with Crippen LogP contribution in [0.5, 0.6) is 0 Å². The first-order valence-corrected chi connectivity index (χ1v) is 8.62. The molecule has 1 aliphatic rings. The number of hydrogen-bond donors (Lipinski definition) is 2. The molecule has 142 valence electrons. The first-order chi connectivity index (χ1) is 12.1. The minimum absolute atomic E-state index is 0.103. The maximum atomic E-state index is 12.5. The molecule has 2 heterocycles. The van der Waals surface area contributed by atoms with Crippen molar-refractivity contribution in [1.82, 2.24) is 20.0 Å². The Bertz CT molecular complexity index is 767. The molecule has 2 N–H and O–H groups in total. The van der Waals surface area contributed by atoms with E-state index in [4.69, 9.17) is 11.6 Å². The Kier molecular flexibility index (Phi) is 5.12. The van der Waals surface area contributed by atoms with Gasteiger partial charge in [0.05, 0.1) is 11.3 Å². The van der Waals surface area contributed by atoms with E-state index in [1.54, 1.807) is 6.07 Å². The molecule has 0 saturated heterocycles. The van der Waals surface area contributed by atoms with Gasteiger partial charge < -0.3 is 10.4 Å². The van der Waals surface area contributed by atoms with Crippen LogP contribution in [0, 0.1) is 0 Å². The van der Waals surface area contributed by atoms with Crippen LogP contribution in [0.3, 0.4) is 0 Å². The number of alkyl halides is 3. The molecule has 0 aliphatic heterocycles. The number of nitrogens with zero attached hydrogens (tertiary/aromatic N) is 4. The maximum Gasteiger partial charge on any atom is 0.408 e. The summed E-state index contributed by atoms with van der Waals surface area (Å²) in [6.45, 7) is 0.640.